The number of anilines is 1. The lowest BCUT2D eigenvalue weighted by Crippen LogP contribution is -1.98. The van der Waals surface area contributed by atoms with Crippen molar-refractivity contribution in [2.45, 2.75) is 27.2 Å². The molecule has 0 spiro atoms. The Bertz CT molecular complexity index is 485. The summed E-state index contributed by atoms with van der Waals surface area (Å²) in [5.74, 6) is 0. The van der Waals surface area contributed by atoms with Gasteiger partial charge in [-0.05, 0) is 32.4 Å². The highest BCUT2D eigenvalue weighted by Gasteiger charge is 2.06. The summed E-state index contributed by atoms with van der Waals surface area (Å²) in [6, 6.07) is 6.47. The SMILES string of the molecule is CCCNc1nnc(-c2cc(C)cc(C)c2)s1. The second-order valence-corrected chi connectivity index (χ2v) is 5.19. The molecule has 0 bridgehead atoms. The van der Waals surface area contributed by atoms with Crippen LogP contribution >= 0.6 is 11.3 Å². The monoisotopic (exact) mass is 247 g/mol. The molecule has 0 aliphatic carbocycles. The van der Waals surface area contributed by atoms with Gasteiger partial charge in [-0.2, -0.15) is 0 Å². The summed E-state index contributed by atoms with van der Waals surface area (Å²) in [4.78, 5) is 0. The van der Waals surface area contributed by atoms with Crippen LogP contribution in [0.15, 0.2) is 18.2 Å². The maximum Gasteiger partial charge on any atom is 0.206 e. The van der Waals surface area contributed by atoms with Crippen LogP contribution in [0.1, 0.15) is 24.5 Å². The summed E-state index contributed by atoms with van der Waals surface area (Å²) < 4.78 is 0. The fraction of sp³-hybridized carbons (Fsp3) is 0.385. The van der Waals surface area contributed by atoms with Gasteiger partial charge in [-0.25, -0.2) is 0 Å². The smallest absolute Gasteiger partial charge is 0.206 e. The molecule has 0 saturated carbocycles. The van der Waals surface area contributed by atoms with E-state index in [1.807, 2.05) is 0 Å². The third-order valence-electron chi connectivity index (χ3n) is 2.42. The lowest BCUT2D eigenvalue weighted by Gasteiger charge is -2.00. The van der Waals surface area contributed by atoms with Crippen molar-refractivity contribution in [3.8, 4) is 10.6 Å². The zero-order valence-corrected chi connectivity index (χ0v) is 11.3. The van der Waals surface area contributed by atoms with E-state index in [0.717, 1.165) is 28.7 Å². The fourth-order valence-electron chi connectivity index (χ4n) is 1.74. The number of nitrogens with one attached hydrogen (secondary N) is 1. The number of hydrogen-bond donors (Lipinski definition) is 1. The van der Waals surface area contributed by atoms with Gasteiger partial charge in [0.05, 0.1) is 0 Å². The number of hydrogen-bond acceptors (Lipinski definition) is 4. The molecular weight excluding hydrogens is 230 g/mol. The zero-order chi connectivity index (χ0) is 12.3. The Labute approximate surface area is 106 Å². The van der Waals surface area contributed by atoms with Gasteiger partial charge in [0, 0.05) is 12.1 Å². The van der Waals surface area contributed by atoms with Crippen molar-refractivity contribution in [2.75, 3.05) is 11.9 Å². The highest BCUT2D eigenvalue weighted by Crippen LogP contribution is 2.27. The van der Waals surface area contributed by atoms with Crippen molar-refractivity contribution in [3.63, 3.8) is 0 Å². The molecule has 1 aromatic heterocycles. The Balaban J connectivity index is 2.24. The van der Waals surface area contributed by atoms with Crippen LogP contribution in [-0.4, -0.2) is 16.7 Å². The van der Waals surface area contributed by atoms with Crippen LogP contribution < -0.4 is 5.32 Å². The van der Waals surface area contributed by atoms with E-state index in [0.29, 0.717) is 0 Å². The number of aromatic nitrogens is 2. The van der Waals surface area contributed by atoms with Crippen LogP contribution in [0.2, 0.25) is 0 Å². The minimum absolute atomic E-state index is 0.904. The van der Waals surface area contributed by atoms with Crippen LogP contribution in [0, 0.1) is 13.8 Å². The third-order valence-corrected chi connectivity index (χ3v) is 3.35. The van der Waals surface area contributed by atoms with Gasteiger partial charge in [0.25, 0.3) is 0 Å². The predicted molar refractivity (Wildman–Crippen MR) is 73.6 cm³/mol. The van der Waals surface area contributed by atoms with E-state index in [1.54, 1.807) is 11.3 Å². The van der Waals surface area contributed by atoms with Gasteiger partial charge in [0.2, 0.25) is 5.13 Å². The summed E-state index contributed by atoms with van der Waals surface area (Å²) in [5, 5.41) is 13.5. The average Bonchev–Trinajstić information content (AvgIpc) is 2.73. The molecule has 0 saturated heterocycles. The van der Waals surface area contributed by atoms with E-state index in [2.05, 4.69) is 54.5 Å². The Morgan fingerprint density at radius 1 is 1.12 bits per heavy atom. The summed E-state index contributed by atoms with van der Waals surface area (Å²) in [5.41, 5.74) is 3.68. The minimum atomic E-state index is 0.904. The maximum absolute atomic E-state index is 4.23. The number of rotatable bonds is 4. The molecule has 0 unspecified atom stereocenters. The Kier molecular flexibility index (Phi) is 3.74. The highest BCUT2D eigenvalue weighted by atomic mass is 32.1. The molecule has 1 heterocycles. The molecule has 17 heavy (non-hydrogen) atoms. The van der Waals surface area contributed by atoms with E-state index in [4.69, 9.17) is 0 Å². The van der Waals surface area contributed by atoms with Crippen LogP contribution in [0.25, 0.3) is 10.6 Å². The van der Waals surface area contributed by atoms with Gasteiger partial charge in [0.15, 0.2) is 0 Å². The molecule has 1 N–H and O–H groups in total. The maximum atomic E-state index is 4.23. The average molecular weight is 247 g/mol. The first-order chi connectivity index (χ1) is 8.19. The van der Waals surface area contributed by atoms with Gasteiger partial charge in [-0.1, -0.05) is 35.5 Å². The molecule has 0 fully saturated rings. The van der Waals surface area contributed by atoms with Gasteiger partial charge in [0.1, 0.15) is 5.01 Å². The number of nitrogens with zero attached hydrogens (tertiary/aromatic N) is 2. The normalized spacial score (nSPS) is 10.5. The molecular formula is C13H17N3S. The van der Waals surface area contributed by atoms with Crippen molar-refractivity contribution < 1.29 is 0 Å². The number of aryl methyl sites for hydroxylation is 2. The van der Waals surface area contributed by atoms with E-state index in [1.165, 1.54) is 11.1 Å². The summed E-state index contributed by atoms with van der Waals surface area (Å²) in [7, 11) is 0. The standard InChI is InChI=1S/C13H17N3S/c1-4-5-14-13-16-15-12(17-13)11-7-9(2)6-10(3)8-11/h6-8H,4-5H2,1-3H3,(H,14,16). The molecule has 0 radical (unpaired) electrons. The van der Waals surface area contributed by atoms with Crippen LogP contribution in [0.3, 0.4) is 0 Å². The van der Waals surface area contributed by atoms with Crippen LogP contribution in [0.5, 0.6) is 0 Å². The van der Waals surface area contributed by atoms with Gasteiger partial charge in [-0.3, -0.25) is 0 Å². The molecule has 0 atom stereocenters. The number of benzene rings is 1. The Morgan fingerprint density at radius 2 is 1.82 bits per heavy atom. The second-order valence-electron chi connectivity index (χ2n) is 4.22. The van der Waals surface area contributed by atoms with Crippen molar-refractivity contribution >= 4 is 16.5 Å². The van der Waals surface area contributed by atoms with Gasteiger partial charge in [-0.15, -0.1) is 10.2 Å². The summed E-state index contributed by atoms with van der Waals surface area (Å²) in [6.07, 6.45) is 1.10. The van der Waals surface area contributed by atoms with Gasteiger partial charge < -0.3 is 5.32 Å². The fourth-order valence-corrected chi connectivity index (χ4v) is 2.50. The molecule has 0 aliphatic heterocycles. The van der Waals surface area contributed by atoms with Gasteiger partial charge >= 0.3 is 0 Å². The highest BCUT2D eigenvalue weighted by molar-refractivity contribution is 7.18. The minimum Gasteiger partial charge on any atom is -0.360 e. The Hall–Kier alpha value is -1.42. The molecule has 1 aromatic carbocycles. The lowest BCUT2D eigenvalue weighted by molar-refractivity contribution is 0.964. The van der Waals surface area contributed by atoms with E-state index >= 15 is 0 Å². The summed E-state index contributed by atoms with van der Waals surface area (Å²) >= 11 is 1.61. The first-order valence-electron chi connectivity index (χ1n) is 5.85. The molecule has 2 rings (SSSR count). The molecule has 3 nitrogen and oxygen atoms in total. The molecule has 0 aliphatic rings. The quantitative estimate of drug-likeness (QED) is 0.896. The third kappa shape index (κ3) is 3.03. The van der Waals surface area contributed by atoms with Crippen molar-refractivity contribution in [1.29, 1.82) is 0 Å². The lowest BCUT2D eigenvalue weighted by atomic mass is 10.1. The molecule has 4 heteroatoms. The largest absolute Gasteiger partial charge is 0.360 e. The second kappa shape index (κ2) is 5.27. The van der Waals surface area contributed by atoms with E-state index in [9.17, 15) is 0 Å². The summed E-state index contributed by atoms with van der Waals surface area (Å²) in [6.45, 7) is 7.29. The van der Waals surface area contributed by atoms with Crippen molar-refractivity contribution in [3.05, 3.63) is 29.3 Å². The first kappa shape index (κ1) is 12.0. The van der Waals surface area contributed by atoms with E-state index < -0.39 is 0 Å². The van der Waals surface area contributed by atoms with Crippen molar-refractivity contribution in [1.82, 2.24) is 10.2 Å². The van der Waals surface area contributed by atoms with Crippen molar-refractivity contribution in [2.24, 2.45) is 0 Å². The van der Waals surface area contributed by atoms with Crippen LogP contribution in [0.4, 0.5) is 5.13 Å². The van der Waals surface area contributed by atoms with E-state index in [-0.39, 0.29) is 0 Å². The predicted octanol–water partition coefficient (Wildman–Crippen LogP) is 3.64. The topological polar surface area (TPSA) is 37.8 Å². The first-order valence-corrected chi connectivity index (χ1v) is 6.66. The van der Waals surface area contributed by atoms with Crippen LogP contribution in [-0.2, 0) is 0 Å². The zero-order valence-electron chi connectivity index (χ0n) is 10.4. The molecule has 0 amide bonds. The molecule has 2 aromatic rings. The Morgan fingerprint density at radius 3 is 2.47 bits per heavy atom. The molecule has 90 valence electrons.